The second-order valence-corrected chi connectivity index (χ2v) is 1.24. The zero-order chi connectivity index (χ0) is 6.57. The summed E-state index contributed by atoms with van der Waals surface area (Å²) in [7, 11) is 0. The number of carboxylic acid groups (broad SMARTS) is 2. The molecule has 0 heterocycles. The van der Waals surface area contributed by atoms with Crippen LogP contribution in [0.1, 0.15) is 12.8 Å². The quantitative estimate of drug-likeness (QED) is 0.473. The summed E-state index contributed by atoms with van der Waals surface area (Å²) in [5.41, 5.74) is 0. The Balaban J connectivity index is -0.000000245. The molecule has 4 nitrogen and oxygen atoms in total. The molecule has 0 saturated heterocycles. The van der Waals surface area contributed by atoms with Gasteiger partial charge in [0.1, 0.15) is 0 Å². The molecule has 0 aromatic rings. The maximum Gasteiger partial charge on any atom is 3.00 e. The molecule has 0 rings (SSSR count). The fraction of sp³-hybridized carbons (Fsp3) is 0.500. The Hall–Kier alpha value is 0.758. The SMILES string of the molecule is O=C([O-])CCC(=O)[O-].[Na+].[Sb+3]. The van der Waals surface area contributed by atoms with E-state index in [1.54, 1.807) is 0 Å². The van der Waals surface area contributed by atoms with Gasteiger partial charge in [-0.3, -0.25) is 0 Å². The van der Waals surface area contributed by atoms with Crippen LogP contribution >= 0.6 is 0 Å². The van der Waals surface area contributed by atoms with Crippen molar-refractivity contribution >= 4 is 36.4 Å². The van der Waals surface area contributed by atoms with Crippen LogP contribution in [0.2, 0.25) is 0 Å². The fourth-order valence-electron chi connectivity index (χ4n) is 0.204. The van der Waals surface area contributed by atoms with Crippen LogP contribution in [-0.4, -0.2) is 36.4 Å². The topological polar surface area (TPSA) is 80.3 Å². The van der Waals surface area contributed by atoms with Crippen LogP contribution in [0.15, 0.2) is 0 Å². The molecular weight excluding hydrogens is 257 g/mol. The summed E-state index contributed by atoms with van der Waals surface area (Å²) in [6.45, 7) is 0. The molecule has 10 heavy (non-hydrogen) atoms. The Bertz CT molecular complexity index is 102. The first kappa shape index (κ1) is 17.0. The summed E-state index contributed by atoms with van der Waals surface area (Å²) in [6.07, 6.45) is -0.940. The first-order valence-electron chi connectivity index (χ1n) is 2.02. The maximum absolute atomic E-state index is 9.50. The molecule has 0 aliphatic carbocycles. The molecule has 0 saturated carbocycles. The van der Waals surface area contributed by atoms with E-state index in [9.17, 15) is 19.8 Å². The van der Waals surface area contributed by atoms with Crippen LogP contribution in [0.25, 0.3) is 0 Å². The molecule has 2 radical (unpaired) electrons. The minimum Gasteiger partial charge on any atom is -0.550 e. The second kappa shape index (κ2) is 9.76. The number of carboxylic acids is 2. The van der Waals surface area contributed by atoms with Gasteiger partial charge in [0.2, 0.25) is 0 Å². The Morgan fingerprint density at radius 1 is 1.00 bits per heavy atom. The van der Waals surface area contributed by atoms with Crippen molar-refractivity contribution in [3.8, 4) is 0 Å². The van der Waals surface area contributed by atoms with Gasteiger partial charge >= 0.3 is 54.0 Å². The molecule has 0 fully saturated rings. The largest absolute Gasteiger partial charge is 3.00 e. The third-order valence-corrected chi connectivity index (χ3v) is 0.533. The van der Waals surface area contributed by atoms with Gasteiger partial charge in [0, 0.05) is 11.9 Å². The van der Waals surface area contributed by atoms with Crippen molar-refractivity contribution in [2.75, 3.05) is 0 Å². The molecule has 0 amide bonds. The monoisotopic (exact) mass is 260 g/mol. The van der Waals surface area contributed by atoms with E-state index in [1.807, 2.05) is 0 Å². The van der Waals surface area contributed by atoms with Gasteiger partial charge in [-0.15, -0.1) is 0 Å². The van der Waals surface area contributed by atoms with Gasteiger partial charge in [0.25, 0.3) is 0 Å². The average Bonchev–Trinajstić information content (AvgIpc) is 1.61. The summed E-state index contributed by atoms with van der Waals surface area (Å²) < 4.78 is 0. The number of aliphatic carboxylic acids is 2. The van der Waals surface area contributed by atoms with E-state index in [1.165, 1.54) is 0 Å². The number of hydrogen-bond donors (Lipinski definition) is 0. The van der Waals surface area contributed by atoms with Gasteiger partial charge in [-0.1, -0.05) is 0 Å². The molecule has 48 valence electrons. The van der Waals surface area contributed by atoms with E-state index in [4.69, 9.17) is 0 Å². The van der Waals surface area contributed by atoms with E-state index in [0.717, 1.165) is 0 Å². The Kier molecular flexibility index (Phi) is 16.6. The van der Waals surface area contributed by atoms with Crippen LogP contribution in [0.3, 0.4) is 0 Å². The zero-order valence-electron chi connectivity index (χ0n) is 5.49. The van der Waals surface area contributed by atoms with Gasteiger partial charge in [-0.2, -0.15) is 0 Å². The van der Waals surface area contributed by atoms with Crippen molar-refractivity contribution < 1.29 is 49.4 Å². The first-order valence-corrected chi connectivity index (χ1v) is 2.02. The third-order valence-electron chi connectivity index (χ3n) is 0.533. The van der Waals surface area contributed by atoms with E-state index in [2.05, 4.69) is 0 Å². The molecule has 6 heteroatoms. The molecule has 0 aromatic heterocycles. The Labute approximate surface area is 97.7 Å². The van der Waals surface area contributed by atoms with Crippen molar-refractivity contribution in [2.24, 2.45) is 0 Å². The van der Waals surface area contributed by atoms with Crippen molar-refractivity contribution in [1.82, 2.24) is 0 Å². The van der Waals surface area contributed by atoms with E-state index in [0.29, 0.717) is 0 Å². The van der Waals surface area contributed by atoms with Crippen molar-refractivity contribution in [1.29, 1.82) is 0 Å². The van der Waals surface area contributed by atoms with E-state index in [-0.39, 0.29) is 54.0 Å². The van der Waals surface area contributed by atoms with Crippen molar-refractivity contribution in [3.63, 3.8) is 0 Å². The molecule has 0 bridgehead atoms. The summed E-state index contributed by atoms with van der Waals surface area (Å²) in [5, 5.41) is 19.0. The molecular formula is C4H4NaO4Sb+2. The summed E-state index contributed by atoms with van der Waals surface area (Å²) in [4.78, 5) is 19.0. The molecule has 0 aromatic carbocycles. The van der Waals surface area contributed by atoms with Gasteiger partial charge in [0.05, 0.1) is 0 Å². The normalized spacial score (nSPS) is 6.80. The number of rotatable bonds is 3. The third kappa shape index (κ3) is 15.9. The summed E-state index contributed by atoms with van der Waals surface area (Å²) in [6, 6.07) is 0. The summed E-state index contributed by atoms with van der Waals surface area (Å²) >= 11 is 0. The number of hydrogen-bond acceptors (Lipinski definition) is 4. The van der Waals surface area contributed by atoms with Gasteiger partial charge in [0.15, 0.2) is 0 Å². The predicted octanol–water partition coefficient (Wildman–Crippen LogP) is -6.11. The number of carbonyl (C=O) groups is 2. The maximum atomic E-state index is 9.50. The first-order chi connectivity index (χ1) is 3.63. The van der Waals surface area contributed by atoms with Crippen LogP contribution in [0, 0.1) is 0 Å². The van der Waals surface area contributed by atoms with Crippen LogP contribution in [0.4, 0.5) is 0 Å². The van der Waals surface area contributed by atoms with Crippen molar-refractivity contribution in [3.05, 3.63) is 0 Å². The fourth-order valence-corrected chi connectivity index (χ4v) is 0.204. The van der Waals surface area contributed by atoms with E-state index >= 15 is 0 Å². The molecule has 0 N–H and O–H groups in total. The van der Waals surface area contributed by atoms with Gasteiger partial charge in [-0.25, -0.2) is 0 Å². The molecule has 0 spiro atoms. The smallest absolute Gasteiger partial charge is 0.550 e. The second-order valence-electron chi connectivity index (χ2n) is 1.24. The zero-order valence-corrected chi connectivity index (χ0v) is 10.0. The predicted molar refractivity (Wildman–Crippen MR) is 25.0 cm³/mol. The van der Waals surface area contributed by atoms with Crippen LogP contribution < -0.4 is 39.8 Å². The minimum atomic E-state index is -1.37. The molecule has 0 aliphatic heterocycles. The molecule has 0 unspecified atom stereocenters. The number of carbonyl (C=O) groups excluding carboxylic acids is 2. The standard InChI is InChI=1S/C4H6O4.Na.Sb/c5-3(6)1-2-4(7)8;;/h1-2H2,(H,5,6)(H,7,8);;/q;+1;+3/p-2. The Morgan fingerprint density at radius 3 is 1.30 bits per heavy atom. The van der Waals surface area contributed by atoms with E-state index < -0.39 is 24.8 Å². The van der Waals surface area contributed by atoms with Gasteiger partial charge in [-0.05, 0) is 12.8 Å². The van der Waals surface area contributed by atoms with Crippen LogP contribution in [-0.2, 0) is 9.59 Å². The average molecular weight is 261 g/mol. The molecule has 0 atom stereocenters. The van der Waals surface area contributed by atoms with Crippen LogP contribution in [0.5, 0.6) is 0 Å². The van der Waals surface area contributed by atoms with Crippen molar-refractivity contribution in [2.45, 2.75) is 12.8 Å². The molecule has 0 aliphatic rings. The Morgan fingerprint density at radius 2 is 1.20 bits per heavy atom. The van der Waals surface area contributed by atoms with Gasteiger partial charge < -0.3 is 19.8 Å². The minimum absolute atomic E-state index is 0. The summed E-state index contributed by atoms with van der Waals surface area (Å²) in [5.74, 6) is -2.73.